The third-order valence-electron chi connectivity index (χ3n) is 2.34. The van der Waals surface area contributed by atoms with Crippen molar-refractivity contribution < 1.29 is 0 Å². The first-order valence-electron chi connectivity index (χ1n) is 5.11. The van der Waals surface area contributed by atoms with Gasteiger partial charge in [-0.2, -0.15) is 0 Å². The number of hydrogen-bond donors (Lipinski definition) is 1. The Bertz CT molecular complexity index is 604. The smallest absolute Gasteiger partial charge is 0.198 e. The van der Waals surface area contributed by atoms with Crippen LogP contribution in [0.5, 0.6) is 0 Å². The van der Waals surface area contributed by atoms with Crippen molar-refractivity contribution in [1.82, 2.24) is 25.6 Å². The van der Waals surface area contributed by atoms with Gasteiger partial charge in [-0.3, -0.25) is 0 Å². The van der Waals surface area contributed by atoms with Crippen molar-refractivity contribution in [3.05, 3.63) is 48.5 Å². The maximum Gasteiger partial charge on any atom is 0.198 e. The summed E-state index contributed by atoms with van der Waals surface area (Å²) >= 11 is 0. The topological polar surface area (TPSA) is 67.3 Å². The number of rotatable bonds is 2. The Morgan fingerprint density at radius 2 is 1.82 bits per heavy atom. The molecule has 0 fully saturated rings. The summed E-state index contributed by atoms with van der Waals surface area (Å²) in [6.07, 6.45) is 0. The fourth-order valence-electron chi connectivity index (χ4n) is 1.54. The number of nitrogens with one attached hydrogen (secondary N) is 1. The number of aromatic amines is 1. The molecule has 1 aromatic carbocycles. The molecule has 1 N–H and O–H groups in total. The second-order valence-corrected chi connectivity index (χ2v) is 3.45. The minimum absolute atomic E-state index is 0.541. The predicted molar refractivity (Wildman–Crippen MR) is 61.7 cm³/mol. The molecule has 2 aromatic heterocycles. The number of aromatic nitrogens is 5. The summed E-state index contributed by atoms with van der Waals surface area (Å²) in [6.45, 7) is 0. The van der Waals surface area contributed by atoms with E-state index in [-0.39, 0.29) is 0 Å². The van der Waals surface area contributed by atoms with E-state index < -0.39 is 0 Å². The van der Waals surface area contributed by atoms with Crippen LogP contribution in [0.2, 0.25) is 0 Å². The Kier molecular flexibility index (Phi) is 2.34. The van der Waals surface area contributed by atoms with Crippen LogP contribution in [0.3, 0.4) is 0 Å². The number of pyridine rings is 1. The molecule has 81 valence electrons. The van der Waals surface area contributed by atoms with Crippen LogP contribution in [-0.4, -0.2) is 25.6 Å². The lowest BCUT2D eigenvalue weighted by molar-refractivity contribution is 0.881. The lowest BCUT2D eigenvalue weighted by Gasteiger charge is -2.01. The second kappa shape index (κ2) is 4.13. The highest BCUT2D eigenvalue weighted by Crippen LogP contribution is 2.19. The summed E-state index contributed by atoms with van der Waals surface area (Å²) in [5.41, 5.74) is 2.56. The third-order valence-corrected chi connectivity index (χ3v) is 2.34. The molecule has 0 aliphatic carbocycles. The zero-order valence-electron chi connectivity index (χ0n) is 8.83. The molecule has 0 atom stereocenters. The molecular formula is C12H8N5. The maximum atomic E-state index is 4.48. The van der Waals surface area contributed by atoms with Gasteiger partial charge in [-0.25, -0.2) is 10.1 Å². The molecule has 0 bridgehead atoms. The van der Waals surface area contributed by atoms with E-state index in [2.05, 4.69) is 31.7 Å². The summed E-state index contributed by atoms with van der Waals surface area (Å²) in [7, 11) is 0. The van der Waals surface area contributed by atoms with E-state index in [9.17, 15) is 0 Å². The molecule has 0 amide bonds. The van der Waals surface area contributed by atoms with Gasteiger partial charge in [0.1, 0.15) is 5.69 Å². The number of hydrogen-bond acceptors (Lipinski definition) is 4. The molecule has 3 aromatic rings. The molecule has 0 aliphatic rings. The lowest BCUT2D eigenvalue weighted by atomic mass is 10.1. The normalized spacial score (nSPS) is 10.4. The Hall–Kier alpha value is -2.56. The monoisotopic (exact) mass is 222 g/mol. The van der Waals surface area contributed by atoms with Crippen LogP contribution in [-0.2, 0) is 0 Å². The van der Waals surface area contributed by atoms with Gasteiger partial charge in [0.15, 0.2) is 5.82 Å². The van der Waals surface area contributed by atoms with Gasteiger partial charge < -0.3 is 0 Å². The number of benzene rings is 1. The standard InChI is InChI=1S/C12H8N5/c1-2-5-9(6-3-1)10-7-4-8-11(13-10)12-14-16-17-15-12/h1-3,5-8H,(H,14,15,16,17). The van der Waals surface area contributed by atoms with E-state index in [0.717, 1.165) is 11.3 Å². The van der Waals surface area contributed by atoms with E-state index in [1.54, 1.807) is 6.07 Å². The fraction of sp³-hybridized carbons (Fsp3) is 0. The highest BCUT2D eigenvalue weighted by Gasteiger charge is 2.05. The van der Waals surface area contributed by atoms with Gasteiger partial charge in [-0.05, 0) is 28.6 Å². The molecule has 1 radical (unpaired) electrons. The quantitative estimate of drug-likeness (QED) is 0.717. The van der Waals surface area contributed by atoms with E-state index >= 15 is 0 Å². The van der Waals surface area contributed by atoms with Gasteiger partial charge in [-0.1, -0.05) is 30.3 Å². The SMILES string of the molecule is [c]1cc(-c2ccccc2)nc(-c2nnn[nH]2)c1. The van der Waals surface area contributed by atoms with Crippen LogP contribution < -0.4 is 0 Å². The molecule has 5 nitrogen and oxygen atoms in total. The number of tetrazole rings is 1. The van der Waals surface area contributed by atoms with Gasteiger partial charge in [0.2, 0.25) is 0 Å². The lowest BCUT2D eigenvalue weighted by Crippen LogP contribution is -1.89. The van der Waals surface area contributed by atoms with E-state index in [1.807, 2.05) is 36.4 Å². The van der Waals surface area contributed by atoms with Gasteiger partial charge in [0, 0.05) is 5.56 Å². The molecule has 0 spiro atoms. The van der Waals surface area contributed by atoms with Crippen LogP contribution in [0.15, 0.2) is 42.5 Å². The summed E-state index contributed by atoms with van der Waals surface area (Å²) in [5.74, 6) is 0.541. The Morgan fingerprint density at radius 1 is 1.00 bits per heavy atom. The zero-order valence-corrected chi connectivity index (χ0v) is 8.83. The molecule has 0 unspecified atom stereocenters. The van der Waals surface area contributed by atoms with Crippen LogP contribution in [0, 0.1) is 6.07 Å². The number of H-pyrrole nitrogens is 1. The van der Waals surface area contributed by atoms with Crippen molar-refractivity contribution in [2.45, 2.75) is 0 Å². The van der Waals surface area contributed by atoms with Crippen molar-refractivity contribution in [1.29, 1.82) is 0 Å². The Balaban J connectivity index is 2.06. The van der Waals surface area contributed by atoms with E-state index in [4.69, 9.17) is 0 Å². The predicted octanol–water partition coefficient (Wildman–Crippen LogP) is 1.73. The average molecular weight is 222 g/mol. The minimum Gasteiger partial charge on any atom is -0.244 e. The van der Waals surface area contributed by atoms with Crippen LogP contribution in [0.25, 0.3) is 22.8 Å². The molecular weight excluding hydrogens is 214 g/mol. The second-order valence-electron chi connectivity index (χ2n) is 3.45. The van der Waals surface area contributed by atoms with Gasteiger partial charge in [0.05, 0.1) is 5.69 Å². The van der Waals surface area contributed by atoms with Gasteiger partial charge >= 0.3 is 0 Å². The van der Waals surface area contributed by atoms with Gasteiger partial charge in [-0.15, -0.1) is 5.10 Å². The molecule has 0 saturated carbocycles. The Morgan fingerprint density at radius 3 is 2.59 bits per heavy atom. The first kappa shape index (κ1) is 9.65. The molecule has 17 heavy (non-hydrogen) atoms. The third kappa shape index (κ3) is 1.90. The summed E-state index contributed by atoms with van der Waals surface area (Å²) in [4.78, 5) is 4.48. The largest absolute Gasteiger partial charge is 0.244 e. The molecule has 2 heterocycles. The van der Waals surface area contributed by atoms with Crippen molar-refractivity contribution in [2.24, 2.45) is 0 Å². The molecule has 0 saturated heterocycles. The average Bonchev–Trinajstić information content (AvgIpc) is 2.94. The fourth-order valence-corrected chi connectivity index (χ4v) is 1.54. The molecule has 0 aliphatic heterocycles. The first-order valence-corrected chi connectivity index (χ1v) is 5.11. The van der Waals surface area contributed by atoms with Gasteiger partial charge in [0.25, 0.3) is 0 Å². The first-order chi connectivity index (χ1) is 8.43. The summed E-state index contributed by atoms with van der Waals surface area (Å²) in [6, 6.07) is 16.5. The molecule has 5 heteroatoms. The molecule has 3 rings (SSSR count). The van der Waals surface area contributed by atoms with Crippen LogP contribution in [0.4, 0.5) is 0 Å². The van der Waals surface area contributed by atoms with Crippen molar-refractivity contribution in [3.8, 4) is 22.8 Å². The summed E-state index contributed by atoms with van der Waals surface area (Å²) in [5, 5.41) is 13.6. The zero-order chi connectivity index (χ0) is 11.5. The minimum atomic E-state index is 0.541. The van der Waals surface area contributed by atoms with Crippen LogP contribution in [0.1, 0.15) is 0 Å². The highest BCUT2D eigenvalue weighted by atomic mass is 15.5. The van der Waals surface area contributed by atoms with Crippen molar-refractivity contribution >= 4 is 0 Å². The summed E-state index contributed by atoms with van der Waals surface area (Å²) < 4.78 is 0. The van der Waals surface area contributed by atoms with Crippen molar-refractivity contribution in [3.63, 3.8) is 0 Å². The highest BCUT2D eigenvalue weighted by molar-refractivity contribution is 5.62. The van der Waals surface area contributed by atoms with Crippen LogP contribution >= 0.6 is 0 Å². The number of nitrogens with zero attached hydrogens (tertiary/aromatic N) is 4. The Labute approximate surface area is 97.5 Å². The maximum absolute atomic E-state index is 4.48. The van der Waals surface area contributed by atoms with Crippen molar-refractivity contribution in [2.75, 3.05) is 0 Å². The van der Waals surface area contributed by atoms with E-state index in [1.165, 1.54) is 0 Å². The van der Waals surface area contributed by atoms with E-state index in [0.29, 0.717) is 11.5 Å².